The number of pyridine rings is 1. The van der Waals surface area contributed by atoms with Crippen LogP contribution in [0.25, 0.3) is 0 Å². The van der Waals surface area contributed by atoms with Crippen LogP contribution in [0.15, 0.2) is 29.2 Å². The summed E-state index contributed by atoms with van der Waals surface area (Å²) in [5.74, 6) is 0. The minimum Gasteiger partial charge on any atom is -0.394 e. The van der Waals surface area contributed by atoms with Crippen molar-refractivity contribution < 1.29 is 9.84 Å². The molecule has 0 aliphatic rings. The van der Waals surface area contributed by atoms with Crippen LogP contribution in [0.4, 0.5) is 0 Å². The summed E-state index contributed by atoms with van der Waals surface area (Å²) in [4.78, 5) is 11.1. The Labute approximate surface area is 76.4 Å². The first-order valence-electron chi connectivity index (χ1n) is 4.18. The monoisotopic (exact) mass is 183 g/mol. The van der Waals surface area contributed by atoms with E-state index in [1.54, 1.807) is 22.9 Å². The first-order valence-corrected chi connectivity index (χ1v) is 4.18. The number of aliphatic hydroxyl groups is 1. The minimum atomic E-state index is -0.0323. The molecule has 4 heteroatoms. The molecule has 0 unspecified atom stereocenters. The van der Waals surface area contributed by atoms with E-state index in [-0.39, 0.29) is 12.2 Å². The van der Waals surface area contributed by atoms with Crippen LogP contribution in [-0.2, 0) is 11.3 Å². The zero-order valence-electron chi connectivity index (χ0n) is 7.35. The third-order valence-corrected chi connectivity index (χ3v) is 1.61. The molecule has 1 aromatic heterocycles. The Morgan fingerprint density at radius 3 is 2.92 bits per heavy atom. The second-order valence-corrected chi connectivity index (χ2v) is 2.57. The van der Waals surface area contributed by atoms with Crippen LogP contribution in [0.3, 0.4) is 0 Å². The van der Waals surface area contributed by atoms with Crippen LogP contribution in [0, 0.1) is 0 Å². The van der Waals surface area contributed by atoms with Crippen molar-refractivity contribution in [2.24, 2.45) is 0 Å². The van der Waals surface area contributed by atoms with Gasteiger partial charge < -0.3 is 14.4 Å². The SMILES string of the molecule is O=c1ccccn1CCOCCO. The van der Waals surface area contributed by atoms with Gasteiger partial charge in [0.05, 0.1) is 19.8 Å². The van der Waals surface area contributed by atoms with Gasteiger partial charge in [-0.15, -0.1) is 0 Å². The zero-order chi connectivity index (χ0) is 9.52. The molecular formula is C9H13NO3. The van der Waals surface area contributed by atoms with Crippen molar-refractivity contribution >= 4 is 0 Å². The van der Waals surface area contributed by atoms with Gasteiger partial charge in [-0.2, -0.15) is 0 Å². The molecule has 0 spiro atoms. The summed E-state index contributed by atoms with van der Waals surface area (Å²) < 4.78 is 6.60. The number of aromatic nitrogens is 1. The van der Waals surface area contributed by atoms with E-state index in [2.05, 4.69) is 0 Å². The van der Waals surface area contributed by atoms with Gasteiger partial charge in [-0.3, -0.25) is 4.79 Å². The molecule has 13 heavy (non-hydrogen) atoms. The highest BCUT2D eigenvalue weighted by molar-refractivity contribution is 4.92. The second kappa shape index (κ2) is 5.50. The van der Waals surface area contributed by atoms with Crippen molar-refractivity contribution in [2.45, 2.75) is 6.54 Å². The third-order valence-electron chi connectivity index (χ3n) is 1.61. The predicted octanol–water partition coefficient (Wildman–Crippen LogP) is -0.143. The van der Waals surface area contributed by atoms with Crippen molar-refractivity contribution in [3.05, 3.63) is 34.7 Å². The summed E-state index contributed by atoms with van der Waals surface area (Å²) in [6, 6.07) is 5.01. The summed E-state index contributed by atoms with van der Waals surface area (Å²) in [6.45, 7) is 1.31. The predicted molar refractivity (Wildman–Crippen MR) is 48.6 cm³/mol. The molecule has 72 valence electrons. The van der Waals surface area contributed by atoms with Crippen LogP contribution in [0.2, 0.25) is 0 Å². The number of nitrogens with zero attached hydrogens (tertiary/aromatic N) is 1. The maximum atomic E-state index is 11.1. The number of aliphatic hydroxyl groups excluding tert-OH is 1. The lowest BCUT2D eigenvalue weighted by molar-refractivity contribution is 0.0865. The molecule has 0 bridgehead atoms. The summed E-state index contributed by atoms with van der Waals surface area (Å²) in [5, 5.41) is 8.42. The molecule has 0 aliphatic carbocycles. The fourth-order valence-corrected chi connectivity index (χ4v) is 0.975. The molecule has 0 aliphatic heterocycles. The van der Waals surface area contributed by atoms with Gasteiger partial charge in [-0.25, -0.2) is 0 Å². The standard InChI is InChI=1S/C9H13NO3/c11-6-8-13-7-5-10-4-2-1-3-9(10)12/h1-4,11H,5-8H2. The fourth-order valence-electron chi connectivity index (χ4n) is 0.975. The topological polar surface area (TPSA) is 51.5 Å². The molecule has 0 atom stereocenters. The van der Waals surface area contributed by atoms with Gasteiger partial charge in [0.25, 0.3) is 5.56 Å². The van der Waals surface area contributed by atoms with Gasteiger partial charge in [-0.1, -0.05) is 6.07 Å². The zero-order valence-corrected chi connectivity index (χ0v) is 7.35. The average molecular weight is 183 g/mol. The molecule has 1 rings (SSSR count). The Kier molecular flexibility index (Phi) is 4.21. The molecular weight excluding hydrogens is 170 g/mol. The summed E-state index contributed by atoms with van der Waals surface area (Å²) in [5.41, 5.74) is -0.0323. The van der Waals surface area contributed by atoms with Crippen molar-refractivity contribution in [3.8, 4) is 0 Å². The highest BCUT2D eigenvalue weighted by Gasteiger charge is 1.92. The highest BCUT2D eigenvalue weighted by Crippen LogP contribution is 1.83. The van der Waals surface area contributed by atoms with Crippen molar-refractivity contribution in [1.29, 1.82) is 0 Å². The van der Waals surface area contributed by atoms with E-state index in [1.165, 1.54) is 6.07 Å². The molecule has 0 aromatic carbocycles. The number of hydrogen-bond donors (Lipinski definition) is 1. The van der Waals surface area contributed by atoms with E-state index >= 15 is 0 Å². The number of rotatable bonds is 5. The van der Waals surface area contributed by atoms with E-state index in [1.807, 2.05) is 0 Å². The van der Waals surface area contributed by atoms with Gasteiger partial charge in [0.15, 0.2) is 0 Å². The lowest BCUT2D eigenvalue weighted by Gasteiger charge is -2.04. The summed E-state index contributed by atoms with van der Waals surface area (Å²) in [6.07, 6.45) is 1.71. The Bertz CT molecular complexity index is 295. The molecule has 0 fully saturated rings. The van der Waals surface area contributed by atoms with E-state index in [9.17, 15) is 4.79 Å². The first-order chi connectivity index (χ1) is 6.34. The summed E-state index contributed by atoms with van der Waals surface area (Å²) in [7, 11) is 0. The smallest absolute Gasteiger partial charge is 0.250 e. The van der Waals surface area contributed by atoms with E-state index in [4.69, 9.17) is 9.84 Å². The molecule has 1 aromatic rings. The molecule has 0 amide bonds. The van der Waals surface area contributed by atoms with Crippen LogP contribution >= 0.6 is 0 Å². The lowest BCUT2D eigenvalue weighted by Crippen LogP contribution is -2.20. The molecule has 1 heterocycles. The second-order valence-electron chi connectivity index (χ2n) is 2.57. The highest BCUT2D eigenvalue weighted by atomic mass is 16.5. The van der Waals surface area contributed by atoms with E-state index < -0.39 is 0 Å². The molecule has 0 saturated heterocycles. The van der Waals surface area contributed by atoms with Gasteiger partial charge in [-0.05, 0) is 6.07 Å². The third kappa shape index (κ3) is 3.40. The molecule has 1 N–H and O–H groups in total. The lowest BCUT2D eigenvalue weighted by atomic mass is 10.5. The van der Waals surface area contributed by atoms with Gasteiger partial charge in [0.2, 0.25) is 0 Å². The maximum Gasteiger partial charge on any atom is 0.250 e. The quantitative estimate of drug-likeness (QED) is 0.646. The molecule has 0 radical (unpaired) electrons. The van der Waals surface area contributed by atoms with Crippen molar-refractivity contribution in [2.75, 3.05) is 19.8 Å². The molecule has 0 saturated carbocycles. The normalized spacial score (nSPS) is 10.2. The Hall–Kier alpha value is -1.13. The largest absolute Gasteiger partial charge is 0.394 e. The van der Waals surface area contributed by atoms with Crippen molar-refractivity contribution in [3.63, 3.8) is 0 Å². The van der Waals surface area contributed by atoms with Gasteiger partial charge in [0.1, 0.15) is 0 Å². The van der Waals surface area contributed by atoms with Crippen LogP contribution < -0.4 is 5.56 Å². The molecule has 4 nitrogen and oxygen atoms in total. The minimum absolute atomic E-state index is 0.0175. The van der Waals surface area contributed by atoms with E-state index in [0.717, 1.165) is 0 Å². The Balaban J connectivity index is 2.37. The maximum absolute atomic E-state index is 11.1. The van der Waals surface area contributed by atoms with E-state index in [0.29, 0.717) is 19.8 Å². The van der Waals surface area contributed by atoms with Gasteiger partial charge in [0, 0.05) is 18.8 Å². The van der Waals surface area contributed by atoms with Gasteiger partial charge >= 0.3 is 0 Å². The average Bonchev–Trinajstić information content (AvgIpc) is 2.15. The van der Waals surface area contributed by atoms with Crippen molar-refractivity contribution in [1.82, 2.24) is 4.57 Å². The van der Waals surface area contributed by atoms with Crippen LogP contribution in [0.1, 0.15) is 0 Å². The summed E-state index contributed by atoms with van der Waals surface area (Å²) >= 11 is 0. The Morgan fingerprint density at radius 2 is 2.23 bits per heavy atom. The first kappa shape index (κ1) is 9.95. The van der Waals surface area contributed by atoms with Crippen LogP contribution in [-0.4, -0.2) is 29.5 Å². The number of hydrogen-bond acceptors (Lipinski definition) is 3. The Morgan fingerprint density at radius 1 is 1.38 bits per heavy atom. The number of ether oxygens (including phenoxy) is 1. The van der Waals surface area contributed by atoms with Crippen LogP contribution in [0.5, 0.6) is 0 Å². The fraction of sp³-hybridized carbons (Fsp3) is 0.444.